The molecular formula is C34H39N3O4. The third-order valence-corrected chi connectivity index (χ3v) is 7.52. The Kier molecular flexibility index (Phi) is 8.62. The number of hydrogen-bond acceptors (Lipinski definition) is 5. The molecule has 0 bridgehead atoms. The second kappa shape index (κ2) is 12.5. The van der Waals surface area contributed by atoms with Crippen molar-refractivity contribution in [2.45, 2.75) is 39.7 Å². The van der Waals surface area contributed by atoms with Crippen LogP contribution in [0.3, 0.4) is 0 Å². The molecule has 0 aliphatic carbocycles. The zero-order valence-electron chi connectivity index (χ0n) is 24.6. The fourth-order valence-electron chi connectivity index (χ4n) is 5.38. The summed E-state index contributed by atoms with van der Waals surface area (Å²) in [5, 5.41) is 4.84. The first-order chi connectivity index (χ1) is 19.9. The van der Waals surface area contributed by atoms with Gasteiger partial charge in [0.05, 0.1) is 32.1 Å². The molecule has 1 amide bonds. The van der Waals surface area contributed by atoms with Crippen LogP contribution >= 0.6 is 0 Å². The van der Waals surface area contributed by atoms with Gasteiger partial charge in [0.15, 0.2) is 11.5 Å². The van der Waals surface area contributed by atoms with Crippen LogP contribution in [0.2, 0.25) is 0 Å². The van der Waals surface area contributed by atoms with Gasteiger partial charge in [0, 0.05) is 24.7 Å². The molecule has 4 aromatic rings. The Hall–Kier alpha value is -4.26. The molecular weight excluding hydrogens is 514 g/mol. The number of ether oxygens (including phenoxy) is 3. The molecule has 3 aromatic carbocycles. The summed E-state index contributed by atoms with van der Waals surface area (Å²) in [6, 6.07) is 23.8. The number of nitrogens with zero attached hydrogens (tertiary/aromatic N) is 3. The highest BCUT2D eigenvalue weighted by Crippen LogP contribution is 2.45. The van der Waals surface area contributed by atoms with E-state index in [0.717, 1.165) is 46.7 Å². The number of amides is 1. The maximum Gasteiger partial charge on any atom is 0.273 e. The smallest absolute Gasteiger partial charge is 0.273 e. The Labute approximate surface area is 242 Å². The average Bonchev–Trinajstić information content (AvgIpc) is 3.47. The molecule has 1 atom stereocenters. The van der Waals surface area contributed by atoms with Crippen molar-refractivity contribution in [3.05, 3.63) is 95.2 Å². The number of hydrogen-bond donors (Lipinski definition) is 0. The van der Waals surface area contributed by atoms with E-state index < -0.39 is 0 Å². The zero-order valence-corrected chi connectivity index (χ0v) is 24.6. The van der Waals surface area contributed by atoms with Crippen molar-refractivity contribution in [3.8, 4) is 28.5 Å². The molecule has 1 aromatic heterocycles. The molecule has 7 heteroatoms. The fourth-order valence-corrected chi connectivity index (χ4v) is 5.38. The van der Waals surface area contributed by atoms with Gasteiger partial charge in [-0.25, -0.2) is 0 Å². The number of aromatic nitrogens is 2. The summed E-state index contributed by atoms with van der Waals surface area (Å²) in [6.07, 6.45) is 1.71. The van der Waals surface area contributed by atoms with Gasteiger partial charge >= 0.3 is 0 Å². The summed E-state index contributed by atoms with van der Waals surface area (Å²) in [5.41, 5.74) is 5.40. The monoisotopic (exact) mass is 553 g/mol. The van der Waals surface area contributed by atoms with Crippen LogP contribution in [-0.4, -0.2) is 47.5 Å². The van der Waals surface area contributed by atoms with Crippen molar-refractivity contribution in [2.24, 2.45) is 13.0 Å². The van der Waals surface area contributed by atoms with Crippen molar-refractivity contribution in [3.63, 3.8) is 0 Å². The minimum Gasteiger partial charge on any atom is -0.497 e. The van der Waals surface area contributed by atoms with E-state index in [1.807, 2.05) is 73.5 Å². The molecule has 214 valence electrons. The zero-order chi connectivity index (χ0) is 28.9. The highest BCUT2D eigenvalue weighted by atomic mass is 16.5. The minimum absolute atomic E-state index is 0.0223. The average molecular weight is 554 g/mol. The molecule has 0 unspecified atom stereocenters. The topological polar surface area (TPSA) is 65.8 Å². The lowest BCUT2D eigenvalue weighted by Crippen LogP contribution is -2.32. The Morgan fingerprint density at radius 3 is 2.39 bits per heavy atom. The van der Waals surface area contributed by atoms with Crippen LogP contribution in [-0.2, 0) is 13.5 Å². The lowest BCUT2D eigenvalue weighted by molar-refractivity contribution is 0.0741. The molecule has 0 radical (unpaired) electrons. The van der Waals surface area contributed by atoms with Gasteiger partial charge in [0.25, 0.3) is 5.91 Å². The normalized spacial score (nSPS) is 14.4. The lowest BCUT2D eigenvalue weighted by Gasteiger charge is -2.27. The lowest BCUT2D eigenvalue weighted by atomic mass is 9.95. The Morgan fingerprint density at radius 1 is 0.951 bits per heavy atom. The summed E-state index contributed by atoms with van der Waals surface area (Å²) < 4.78 is 19.3. The highest BCUT2D eigenvalue weighted by Gasteiger charge is 2.43. The summed E-state index contributed by atoms with van der Waals surface area (Å²) in [4.78, 5) is 16.0. The van der Waals surface area contributed by atoms with E-state index in [9.17, 15) is 4.79 Å². The van der Waals surface area contributed by atoms with E-state index in [4.69, 9.17) is 19.3 Å². The van der Waals surface area contributed by atoms with Gasteiger partial charge in [0.2, 0.25) is 0 Å². The number of methoxy groups -OCH3 is 1. The Balaban J connectivity index is 1.58. The first kappa shape index (κ1) is 28.3. The van der Waals surface area contributed by atoms with Gasteiger partial charge in [-0.3, -0.25) is 9.48 Å². The van der Waals surface area contributed by atoms with Gasteiger partial charge < -0.3 is 19.1 Å². The van der Waals surface area contributed by atoms with Gasteiger partial charge in [0.1, 0.15) is 11.4 Å². The van der Waals surface area contributed by atoms with Crippen molar-refractivity contribution < 1.29 is 19.0 Å². The van der Waals surface area contributed by atoms with Crippen LogP contribution < -0.4 is 14.2 Å². The number of benzene rings is 3. The standard InChI is InChI=1S/C34H39N3O4/c1-6-40-29-22-26(14-17-28(29)41-21-19-23(2)3)32-30-31(25-12-15-27(39-5)16-13-25)35-36(4)33(30)34(38)37(32)20-18-24-10-8-7-9-11-24/h7-17,22-23,32H,6,18-21H2,1-5H3/t32-/m0/s1. The minimum atomic E-state index is -0.323. The van der Waals surface area contributed by atoms with Gasteiger partial charge in [-0.15, -0.1) is 0 Å². The summed E-state index contributed by atoms with van der Waals surface area (Å²) in [5.74, 6) is 2.71. The number of fused-ring (bicyclic) bond motifs is 1. The Bertz CT molecular complexity index is 1480. The predicted molar refractivity (Wildman–Crippen MR) is 161 cm³/mol. The molecule has 0 fully saturated rings. The van der Waals surface area contributed by atoms with Crippen LogP contribution in [0.1, 0.15) is 60.4 Å². The molecule has 1 aliphatic heterocycles. The molecule has 1 aliphatic rings. The molecule has 0 N–H and O–H groups in total. The van der Waals surface area contributed by atoms with Crippen LogP contribution in [0, 0.1) is 5.92 Å². The molecule has 5 rings (SSSR count). The van der Waals surface area contributed by atoms with Gasteiger partial charge in [-0.2, -0.15) is 5.10 Å². The van der Waals surface area contributed by atoms with Crippen LogP contribution in [0.15, 0.2) is 72.8 Å². The maximum absolute atomic E-state index is 14.0. The fraction of sp³-hybridized carbons (Fsp3) is 0.353. The number of carbonyl (C=O) groups excluding carboxylic acids is 1. The third-order valence-electron chi connectivity index (χ3n) is 7.52. The maximum atomic E-state index is 14.0. The third kappa shape index (κ3) is 5.94. The quantitative estimate of drug-likeness (QED) is 0.195. The van der Waals surface area contributed by atoms with E-state index in [0.29, 0.717) is 37.1 Å². The van der Waals surface area contributed by atoms with E-state index in [1.165, 1.54) is 5.56 Å². The van der Waals surface area contributed by atoms with E-state index in [-0.39, 0.29) is 11.9 Å². The summed E-state index contributed by atoms with van der Waals surface area (Å²) in [7, 11) is 3.50. The summed E-state index contributed by atoms with van der Waals surface area (Å²) in [6.45, 7) is 8.04. The van der Waals surface area contributed by atoms with Crippen molar-refractivity contribution in [1.29, 1.82) is 0 Å². The van der Waals surface area contributed by atoms with Gasteiger partial charge in [-0.1, -0.05) is 50.2 Å². The molecule has 0 saturated carbocycles. The van der Waals surface area contributed by atoms with Crippen LogP contribution in [0.4, 0.5) is 0 Å². The van der Waals surface area contributed by atoms with E-state index in [2.05, 4.69) is 32.0 Å². The number of aryl methyl sites for hydroxylation is 1. The van der Waals surface area contributed by atoms with E-state index in [1.54, 1.807) is 11.8 Å². The molecule has 41 heavy (non-hydrogen) atoms. The van der Waals surface area contributed by atoms with Crippen molar-refractivity contribution >= 4 is 5.91 Å². The van der Waals surface area contributed by atoms with Crippen LogP contribution in [0.25, 0.3) is 11.3 Å². The number of carbonyl (C=O) groups is 1. The van der Waals surface area contributed by atoms with E-state index >= 15 is 0 Å². The second-order valence-corrected chi connectivity index (χ2v) is 10.8. The molecule has 0 saturated heterocycles. The highest BCUT2D eigenvalue weighted by molar-refractivity contribution is 6.00. The molecule has 0 spiro atoms. The first-order valence-electron chi connectivity index (χ1n) is 14.4. The Morgan fingerprint density at radius 2 is 1.71 bits per heavy atom. The van der Waals surface area contributed by atoms with Crippen molar-refractivity contribution in [2.75, 3.05) is 26.9 Å². The van der Waals surface area contributed by atoms with Crippen molar-refractivity contribution in [1.82, 2.24) is 14.7 Å². The molecule has 2 heterocycles. The largest absolute Gasteiger partial charge is 0.497 e. The second-order valence-electron chi connectivity index (χ2n) is 10.8. The SMILES string of the molecule is CCOc1cc([C@H]2c3c(-c4ccc(OC)cc4)nn(C)c3C(=O)N2CCc2ccccc2)ccc1OCCC(C)C. The van der Waals surface area contributed by atoms with Crippen LogP contribution in [0.5, 0.6) is 17.2 Å². The van der Waals surface area contributed by atoms with Gasteiger partial charge in [-0.05, 0) is 73.2 Å². The molecule has 7 nitrogen and oxygen atoms in total. The summed E-state index contributed by atoms with van der Waals surface area (Å²) >= 11 is 0. The number of rotatable bonds is 12. The predicted octanol–water partition coefficient (Wildman–Crippen LogP) is 6.71. The first-order valence-corrected chi connectivity index (χ1v) is 14.4.